The number of benzene rings is 2. The first-order valence-corrected chi connectivity index (χ1v) is 17.6. The Morgan fingerprint density at radius 2 is 1.20 bits per heavy atom. The number of anilines is 2. The molecule has 0 spiro atoms. The molecule has 1 aliphatic heterocycles. The molecule has 6 heteroatoms. The molecule has 0 radical (unpaired) electrons. The molecule has 0 aromatic heterocycles. The van der Waals surface area contributed by atoms with E-state index in [1.165, 1.54) is 121 Å². The molecule has 0 amide bonds. The van der Waals surface area contributed by atoms with E-state index in [0.717, 1.165) is 24.2 Å². The zero-order valence-corrected chi connectivity index (χ0v) is 25.8. The van der Waals surface area contributed by atoms with E-state index in [0.29, 0.717) is 6.54 Å². The van der Waals surface area contributed by atoms with Crippen LogP contribution in [-0.2, 0) is 16.7 Å². The maximum absolute atomic E-state index is 11.7. The number of fused-ring (bicyclic) bond motifs is 1. The van der Waals surface area contributed by atoms with Crippen molar-refractivity contribution in [1.82, 2.24) is 0 Å². The summed E-state index contributed by atoms with van der Waals surface area (Å²) in [5.41, 5.74) is 2.94. The van der Waals surface area contributed by atoms with E-state index < -0.39 is 10.1 Å². The van der Waals surface area contributed by atoms with Gasteiger partial charge in [0.2, 0.25) is 0 Å². The second-order valence-electron chi connectivity index (χ2n) is 11.7. The molecule has 1 heterocycles. The van der Waals surface area contributed by atoms with Crippen LogP contribution in [0.2, 0.25) is 0 Å². The van der Waals surface area contributed by atoms with Crippen LogP contribution in [0.15, 0.2) is 53.4 Å². The molecule has 1 unspecified atom stereocenters. The normalized spacial score (nSPS) is 14.8. The zero-order valence-electron chi connectivity index (χ0n) is 25.0. The van der Waals surface area contributed by atoms with Crippen molar-refractivity contribution in [3.05, 3.63) is 54.1 Å². The third kappa shape index (κ3) is 11.8. The van der Waals surface area contributed by atoms with Gasteiger partial charge in [-0.15, -0.1) is 0 Å². The van der Waals surface area contributed by atoms with Gasteiger partial charge in [-0.05, 0) is 36.6 Å². The van der Waals surface area contributed by atoms with Gasteiger partial charge in [-0.2, -0.15) is 8.42 Å². The van der Waals surface area contributed by atoms with E-state index in [4.69, 9.17) is 0 Å². The van der Waals surface area contributed by atoms with Gasteiger partial charge in [-0.1, -0.05) is 146 Å². The summed E-state index contributed by atoms with van der Waals surface area (Å²) in [5.74, 6) is 0. The molecule has 0 aliphatic carbocycles. The SMILES string of the molecule is CCCCCCCCCCCCCCCCCCCCC1Nc2ccc(S(=O)(=O)O)cc2N1Cc1ccccc1. The Balaban J connectivity index is 1.27. The summed E-state index contributed by atoms with van der Waals surface area (Å²) in [6.07, 6.45) is 25.8. The number of unbranched alkanes of at least 4 members (excludes halogenated alkanes) is 17. The van der Waals surface area contributed by atoms with Gasteiger partial charge in [0.25, 0.3) is 10.1 Å². The number of nitrogens with zero attached hydrogens (tertiary/aromatic N) is 1. The highest BCUT2D eigenvalue weighted by Gasteiger charge is 2.29. The fourth-order valence-electron chi connectivity index (χ4n) is 5.90. The molecular weight excluding hydrogens is 516 g/mol. The topological polar surface area (TPSA) is 69.6 Å². The number of hydrogen-bond donors (Lipinski definition) is 2. The van der Waals surface area contributed by atoms with Crippen LogP contribution in [0.25, 0.3) is 0 Å². The first-order chi connectivity index (χ1) is 19.5. The zero-order chi connectivity index (χ0) is 28.5. The van der Waals surface area contributed by atoms with Crippen molar-refractivity contribution in [3.63, 3.8) is 0 Å². The molecule has 40 heavy (non-hydrogen) atoms. The van der Waals surface area contributed by atoms with Crippen LogP contribution in [0, 0.1) is 0 Å². The lowest BCUT2D eigenvalue weighted by atomic mass is 10.0. The summed E-state index contributed by atoms with van der Waals surface area (Å²) in [6.45, 7) is 2.98. The van der Waals surface area contributed by atoms with Crippen molar-refractivity contribution in [1.29, 1.82) is 0 Å². The maximum Gasteiger partial charge on any atom is 0.294 e. The minimum Gasteiger partial charge on any atom is -0.363 e. The lowest BCUT2D eigenvalue weighted by Crippen LogP contribution is -2.35. The second-order valence-corrected chi connectivity index (χ2v) is 13.1. The van der Waals surface area contributed by atoms with E-state index in [2.05, 4.69) is 29.3 Å². The molecule has 0 fully saturated rings. The smallest absolute Gasteiger partial charge is 0.294 e. The highest BCUT2D eigenvalue weighted by Crippen LogP contribution is 2.39. The Kier molecular flexibility index (Phi) is 14.9. The molecule has 3 rings (SSSR count). The van der Waals surface area contributed by atoms with Crippen molar-refractivity contribution < 1.29 is 13.0 Å². The fourth-order valence-corrected chi connectivity index (χ4v) is 6.40. The monoisotopic (exact) mass is 570 g/mol. The predicted octanol–water partition coefficient (Wildman–Crippen LogP) is 10.1. The van der Waals surface area contributed by atoms with Gasteiger partial charge in [-0.3, -0.25) is 4.55 Å². The molecule has 1 aliphatic rings. The van der Waals surface area contributed by atoms with Crippen molar-refractivity contribution in [3.8, 4) is 0 Å². The largest absolute Gasteiger partial charge is 0.363 e. The minimum absolute atomic E-state index is 0.0556. The lowest BCUT2D eigenvalue weighted by molar-refractivity contribution is 0.483. The Morgan fingerprint density at radius 3 is 1.70 bits per heavy atom. The minimum atomic E-state index is -4.24. The van der Waals surface area contributed by atoms with Crippen LogP contribution in [-0.4, -0.2) is 19.1 Å². The molecule has 5 nitrogen and oxygen atoms in total. The summed E-state index contributed by atoms with van der Waals surface area (Å²) in [5, 5.41) is 3.59. The van der Waals surface area contributed by atoms with Crippen LogP contribution < -0.4 is 10.2 Å². The summed E-state index contributed by atoms with van der Waals surface area (Å²) >= 11 is 0. The average molecular weight is 571 g/mol. The van der Waals surface area contributed by atoms with Crippen LogP contribution in [0.4, 0.5) is 11.4 Å². The molecule has 0 bridgehead atoms. The highest BCUT2D eigenvalue weighted by atomic mass is 32.2. The van der Waals surface area contributed by atoms with Gasteiger partial charge in [0.1, 0.15) is 0 Å². The number of rotatable bonds is 22. The fraction of sp³-hybridized carbons (Fsp3) is 0.647. The Bertz CT molecular complexity index is 1060. The van der Waals surface area contributed by atoms with E-state index in [1.807, 2.05) is 18.2 Å². The molecule has 224 valence electrons. The Hall–Kier alpha value is -2.05. The summed E-state index contributed by atoms with van der Waals surface area (Å²) < 4.78 is 33.1. The molecule has 2 N–H and O–H groups in total. The van der Waals surface area contributed by atoms with E-state index in [9.17, 15) is 13.0 Å². The summed E-state index contributed by atoms with van der Waals surface area (Å²) in [4.78, 5) is 2.19. The Morgan fingerprint density at radius 1 is 0.700 bits per heavy atom. The van der Waals surface area contributed by atoms with Gasteiger partial charge in [-0.25, -0.2) is 0 Å². The van der Waals surface area contributed by atoms with Gasteiger partial charge >= 0.3 is 0 Å². The van der Waals surface area contributed by atoms with E-state index in [1.54, 1.807) is 12.1 Å². The summed E-state index contributed by atoms with van der Waals surface area (Å²) in [6, 6.07) is 15.1. The first-order valence-electron chi connectivity index (χ1n) is 16.2. The van der Waals surface area contributed by atoms with E-state index in [-0.39, 0.29) is 11.1 Å². The van der Waals surface area contributed by atoms with Crippen molar-refractivity contribution in [2.45, 2.75) is 147 Å². The first kappa shape index (κ1) is 32.5. The predicted molar refractivity (Wildman–Crippen MR) is 170 cm³/mol. The molecule has 0 saturated heterocycles. The molecule has 2 aromatic carbocycles. The lowest BCUT2D eigenvalue weighted by Gasteiger charge is -2.27. The van der Waals surface area contributed by atoms with Crippen molar-refractivity contribution in [2.24, 2.45) is 0 Å². The standard InChI is InChI=1S/C34H54N2O3S/c1-2-3-4-5-6-7-8-9-10-11-12-13-14-15-16-17-18-22-25-34-35-32-27-26-31(40(37,38)39)28-33(32)36(34)29-30-23-20-19-21-24-30/h19-21,23-24,26-28,34-35H,2-18,22,25,29H2,1H3,(H,37,38,39). The molecule has 2 aromatic rings. The van der Waals surface area contributed by atoms with Crippen molar-refractivity contribution in [2.75, 3.05) is 10.2 Å². The maximum atomic E-state index is 11.7. The third-order valence-corrected chi connectivity index (χ3v) is 9.15. The second kappa shape index (κ2) is 18.4. The third-order valence-electron chi connectivity index (χ3n) is 8.30. The van der Waals surface area contributed by atoms with Crippen molar-refractivity contribution >= 4 is 21.5 Å². The van der Waals surface area contributed by atoms with Gasteiger partial charge in [0.05, 0.1) is 22.4 Å². The number of hydrogen-bond acceptors (Lipinski definition) is 4. The summed E-state index contributed by atoms with van der Waals surface area (Å²) in [7, 11) is -4.24. The average Bonchev–Trinajstić information content (AvgIpc) is 3.28. The van der Waals surface area contributed by atoms with Gasteiger partial charge < -0.3 is 10.2 Å². The van der Waals surface area contributed by atoms with E-state index >= 15 is 0 Å². The molecule has 0 saturated carbocycles. The van der Waals surface area contributed by atoms with Gasteiger partial charge in [0.15, 0.2) is 0 Å². The Labute approximate surface area is 244 Å². The van der Waals surface area contributed by atoms with Gasteiger partial charge in [0, 0.05) is 6.54 Å². The highest BCUT2D eigenvalue weighted by molar-refractivity contribution is 7.85. The van der Waals surface area contributed by atoms with Crippen LogP contribution in [0.3, 0.4) is 0 Å². The van der Waals surface area contributed by atoms with Crippen LogP contribution >= 0.6 is 0 Å². The number of nitrogens with one attached hydrogen (secondary N) is 1. The molecular formula is C34H54N2O3S. The molecule has 1 atom stereocenters. The van der Waals surface area contributed by atoms with Crippen LogP contribution in [0.1, 0.15) is 134 Å². The quantitative estimate of drug-likeness (QED) is 0.109. The van der Waals surface area contributed by atoms with Crippen LogP contribution in [0.5, 0.6) is 0 Å².